The molecule has 0 aromatic heterocycles. The molecule has 88 valence electrons. The third kappa shape index (κ3) is 4.11. The summed E-state index contributed by atoms with van der Waals surface area (Å²) in [4.78, 5) is 0.231. The molecule has 0 aliphatic heterocycles. The maximum absolute atomic E-state index is 11.8. The van der Waals surface area contributed by atoms with Crippen molar-refractivity contribution in [2.24, 2.45) is 0 Å². The zero-order valence-electron chi connectivity index (χ0n) is 8.84. The molecule has 0 saturated carbocycles. The molecule has 0 aliphatic carbocycles. The van der Waals surface area contributed by atoms with Gasteiger partial charge in [0.05, 0.1) is 4.90 Å². The van der Waals surface area contributed by atoms with E-state index >= 15 is 0 Å². The number of benzene rings is 1. The van der Waals surface area contributed by atoms with E-state index in [1.807, 2.05) is 6.92 Å². The number of sulfonamides is 1. The van der Waals surface area contributed by atoms with Crippen LogP contribution in [0, 0.1) is 0 Å². The summed E-state index contributed by atoms with van der Waals surface area (Å²) in [5.74, 6) is 0.816. The van der Waals surface area contributed by atoms with Crippen LogP contribution in [0.4, 0.5) is 0 Å². The van der Waals surface area contributed by atoms with Crippen molar-refractivity contribution in [2.75, 3.05) is 5.75 Å². The van der Waals surface area contributed by atoms with Gasteiger partial charge in [-0.25, -0.2) is 8.42 Å². The van der Waals surface area contributed by atoms with Crippen molar-refractivity contribution in [1.82, 2.24) is 4.72 Å². The zero-order valence-corrected chi connectivity index (χ0v) is 11.3. The molecule has 16 heavy (non-hydrogen) atoms. The van der Waals surface area contributed by atoms with Gasteiger partial charge in [-0.1, -0.05) is 49.1 Å². The van der Waals surface area contributed by atoms with E-state index < -0.39 is 10.0 Å². The normalized spacial score (nSPS) is 11.1. The summed E-state index contributed by atoms with van der Waals surface area (Å²) in [5.41, 5.74) is 0. The molecule has 0 aliphatic rings. The van der Waals surface area contributed by atoms with Crippen LogP contribution >= 0.6 is 24.0 Å². The fraction of sp³-hybridized carbons (Fsp3) is 0.300. The van der Waals surface area contributed by atoms with Crippen molar-refractivity contribution in [3.63, 3.8) is 0 Å². The third-order valence-corrected chi connectivity index (χ3v) is 4.76. The van der Waals surface area contributed by atoms with Gasteiger partial charge >= 0.3 is 0 Å². The molecule has 0 saturated heterocycles. The van der Waals surface area contributed by atoms with Crippen molar-refractivity contribution in [3.05, 3.63) is 30.3 Å². The van der Waals surface area contributed by atoms with E-state index in [1.165, 1.54) is 23.9 Å². The maximum Gasteiger partial charge on any atom is 0.262 e. The van der Waals surface area contributed by atoms with Gasteiger partial charge in [0.2, 0.25) is 0 Å². The molecule has 0 amide bonds. The smallest absolute Gasteiger partial charge is 0.262 e. The number of thioether (sulfide) groups is 1. The van der Waals surface area contributed by atoms with E-state index in [1.54, 1.807) is 18.2 Å². The molecule has 3 nitrogen and oxygen atoms in total. The van der Waals surface area contributed by atoms with Gasteiger partial charge in [-0.3, -0.25) is 4.72 Å². The first kappa shape index (κ1) is 13.5. The molecular formula is C10H13NO2S3. The average Bonchev–Trinajstić information content (AvgIpc) is 2.27. The van der Waals surface area contributed by atoms with Crippen LogP contribution in [0.15, 0.2) is 35.2 Å². The molecule has 0 spiro atoms. The van der Waals surface area contributed by atoms with Gasteiger partial charge < -0.3 is 0 Å². The molecule has 0 radical (unpaired) electrons. The zero-order chi connectivity index (χ0) is 12.0. The number of nitrogens with one attached hydrogen (secondary N) is 1. The average molecular weight is 275 g/mol. The van der Waals surface area contributed by atoms with Gasteiger partial charge in [0.25, 0.3) is 10.0 Å². The Morgan fingerprint density at radius 1 is 1.38 bits per heavy atom. The first-order valence-corrected chi connectivity index (χ1v) is 7.68. The first-order valence-electron chi connectivity index (χ1n) is 4.81. The summed E-state index contributed by atoms with van der Waals surface area (Å²) in [7, 11) is -3.50. The van der Waals surface area contributed by atoms with Gasteiger partial charge in [0.1, 0.15) is 4.32 Å². The summed E-state index contributed by atoms with van der Waals surface area (Å²) in [6.07, 6.45) is 0.956. The second kappa shape index (κ2) is 6.22. The molecule has 1 aromatic rings. The van der Waals surface area contributed by atoms with Crippen LogP contribution in [-0.4, -0.2) is 18.5 Å². The minimum absolute atomic E-state index is 0.231. The van der Waals surface area contributed by atoms with Crippen molar-refractivity contribution in [1.29, 1.82) is 0 Å². The standard InChI is InChI=1S/C10H13NO2S3/c1-2-8-15-10(14)11-16(12,13)9-6-4-3-5-7-9/h3-7H,2,8H2,1H3,(H,11,14). The largest absolute Gasteiger partial charge is 0.264 e. The maximum atomic E-state index is 11.8. The number of hydrogen-bond donors (Lipinski definition) is 1. The highest BCUT2D eigenvalue weighted by atomic mass is 32.2. The lowest BCUT2D eigenvalue weighted by atomic mass is 10.4. The van der Waals surface area contributed by atoms with Gasteiger partial charge in [0, 0.05) is 5.75 Å². The molecular weight excluding hydrogens is 262 g/mol. The van der Waals surface area contributed by atoms with Crippen molar-refractivity contribution in [2.45, 2.75) is 18.2 Å². The van der Waals surface area contributed by atoms with Crippen LogP contribution < -0.4 is 4.72 Å². The van der Waals surface area contributed by atoms with Gasteiger partial charge in [-0.15, -0.1) is 0 Å². The van der Waals surface area contributed by atoms with E-state index in [4.69, 9.17) is 12.2 Å². The van der Waals surface area contributed by atoms with Crippen molar-refractivity contribution >= 4 is 38.3 Å². The second-order valence-electron chi connectivity index (χ2n) is 3.05. The molecule has 1 rings (SSSR count). The number of rotatable bonds is 4. The number of thiocarbonyl (C=S) groups is 1. The van der Waals surface area contributed by atoms with E-state index in [2.05, 4.69) is 4.72 Å². The van der Waals surface area contributed by atoms with Gasteiger partial charge in [-0.2, -0.15) is 0 Å². The van der Waals surface area contributed by atoms with Crippen LogP contribution in [0.1, 0.15) is 13.3 Å². The molecule has 1 aromatic carbocycles. The summed E-state index contributed by atoms with van der Waals surface area (Å²) in [6.45, 7) is 2.02. The predicted octanol–water partition coefficient (Wildman–Crippen LogP) is 2.39. The van der Waals surface area contributed by atoms with Crippen molar-refractivity contribution < 1.29 is 8.42 Å². The van der Waals surface area contributed by atoms with Crippen molar-refractivity contribution in [3.8, 4) is 0 Å². The summed E-state index contributed by atoms with van der Waals surface area (Å²) in [6, 6.07) is 8.20. The van der Waals surface area contributed by atoms with Crippen LogP contribution in [0.2, 0.25) is 0 Å². The Morgan fingerprint density at radius 2 is 2.00 bits per heavy atom. The molecule has 1 N–H and O–H groups in total. The van der Waals surface area contributed by atoms with E-state index in [-0.39, 0.29) is 4.90 Å². The summed E-state index contributed by atoms with van der Waals surface area (Å²) in [5, 5.41) is 0. The van der Waals surface area contributed by atoms with Gasteiger partial charge in [0.15, 0.2) is 0 Å². The molecule has 0 fully saturated rings. The monoisotopic (exact) mass is 275 g/mol. The van der Waals surface area contributed by atoms with Crippen LogP contribution in [0.25, 0.3) is 0 Å². The van der Waals surface area contributed by atoms with Crippen LogP contribution in [-0.2, 0) is 10.0 Å². The lowest BCUT2D eigenvalue weighted by Crippen LogP contribution is -2.27. The molecule has 0 heterocycles. The summed E-state index contributed by atoms with van der Waals surface area (Å²) < 4.78 is 26.3. The first-order chi connectivity index (χ1) is 7.56. The number of hydrogen-bond acceptors (Lipinski definition) is 4. The highest BCUT2D eigenvalue weighted by molar-refractivity contribution is 8.23. The highest BCUT2D eigenvalue weighted by Gasteiger charge is 2.14. The second-order valence-corrected chi connectivity index (χ2v) is 6.51. The Hall–Kier alpha value is -0.590. The van der Waals surface area contributed by atoms with Gasteiger partial charge in [-0.05, 0) is 18.6 Å². The van der Waals surface area contributed by atoms with Crippen LogP contribution in [0.5, 0.6) is 0 Å². The fourth-order valence-electron chi connectivity index (χ4n) is 0.993. The summed E-state index contributed by atoms with van der Waals surface area (Å²) >= 11 is 6.28. The predicted molar refractivity (Wildman–Crippen MR) is 72.1 cm³/mol. The quantitative estimate of drug-likeness (QED) is 0.857. The lowest BCUT2D eigenvalue weighted by molar-refractivity contribution is 0.593. The van der Waals surface area contributed by atoms with Crippen LogP contribution in [0.3, 0.4) is 0 Å². The Kier molecular flexibility index (Phi) is 5.24. The third-order valence-electron chi connectivity index (χ3n) is 1.71. The Balaban J connectivity index is 2.70. The van der Waals surface area contributed by atoms with E-state index in [9.17, 15) is 8.42 Å². The Bertz CT molecular complexity index is 442. The molecule has 0 atom stereocenters. The minimum atomic E-state index is -3.50. The lowest BCUT2D eigenvalue weighted by Gasteiger charge is -2.07. The highest BCUT2D eigenvalue weighted by Crippen LogP contribution is 2.10. The van der Waals surface area contributed by atoms with E-state index in [0.717, 1.165) is 12.2 Å². The fourth-order valence-corrected chi connectivity index (χ4v) is 3.38. The molecule has 6 heteroatoms. The van der Waals surface area contributed by atoms with E-state index in [0.29, 0.717) is 4.32 Å². The SMILES string of the molecule is CCCSC(=S)NS(=O)(=O)c1ccccc1. The topological polar surface area (TPSA) is 46.2 Å². The molecule has 0 bridgehead atoms. The minimum Gasteiger partial charge on any atom is -0.264 e. The molecule has 0 unspecified atom stereocenters. The Morgan fingerprint density at radius 3 is 2.56 bits per heavy atom. The Labute approximate surface area is 106 Å².